The first-order chi connectivity index (χ1) is 62.6. The molecule has 0 aromatic heterocycles. The Bertz CT molecular complexity index is 2990. The molecule has 9 aliphatic rings. The maximum atomic E-state index is 15.9. The molecule has 4 aliphatic carbocycles. The molecule has 9 rings (SSSR count). The second-order valence-electron chi connectivity index (χ2n) is 40.6. The molecule has 9 fully saturated rings. The van der Waals surface area contributed by atoms with Gasteiger partial charge in [-0.2, -0.15) is 0 Å². The van der Waals surface area contributed by atoms with Gasteiger partial charge in [-0.25, -0.2) is 0 Å². The number of ether oxygens (including phenoxy) is 8. The van der Waals surface area contributed by atoms with E-state index in [4.69, 9.17) is 37.9 Å². The van der Waals surface area contributed by atoms with Gasteiger partial charge in [0.25, 0.3) is 0 Å². The second kappa shape index (κ2) is 61.4. The van der Waals surface area contributed by atoms with Crippen LogP contribution < -0.4 is 42.5 Å². The van der Waals surface area contributed by atoms with Crippen molar-refractivity contribution in [1.29, 1.82) is 0 Å². The fourth-order valence-corrected chi connectivity index (χ4v) is 23.5. The van der Waals surface area contributed by atoms with E-state index in [1.165, 1.54) is 0 Å². The van der Waals surface area contributed by atoms with Gasteiger partial charge in [0.2, 0.25) is 0 Å². The molecule has 24 heteroatoms. The third kappa shape index (κ3) is 33.8. The van der Waals surface area contributed by atoms with Crippen LogP contribution in [-0.2, 0) is 76.3 Å². The lowest BCUT2D eigenvalue weighted by Crippen LogP contribution is -2.62. The molecule has 0 aromatic carbocycles. The van der Waals surface area contributed by atoms with Gasteiger partial charge in [0.15, 0.2) is 0 Å². The van der Waals surface area contributed by atoms with Crippen LogP contribution in [0.5, 0.6) is 0 Å². The lowest BCUT2D eigenvalue weighted by atomic mass is 9.65. The van der Waals surface area contributed by atoms with Gasteiger partial charge in [0.05, 0.1) is 150 Å². The predicted octanol–water partition coefficient (Wildman–Crippen LogP) is 19.6. The van der Waals surface area contributed by atoms with Crippen LogP contribution in [0.2, 0.25) is 0 Å². The van der Waals surface area contributed by atoms with Crippen molar-refractivity contribution in [3.63, 3.8) is 0 Å². The minimum atomic E-state index is -0.940. The molecule has 0 aromatic rings. The Kier molecular flexibility index (Phi) is 51.4. The third-order valence-corrected chi connectivity index (χ3v) is 31.0. The summed E-state index contributed by atoms with van der Waals surface area (Å²) in [6.45, 7) is 19.6. The molecule has 24 unspecified atom stereocenters. The number of hydrogen-bond acceptors (Lipinski definition) is 24. The zero-order valence-corrected chi connectivity index (χ0v) is 81.6. The topological polar surface area (TPSA) is 307 Å². The first kappa shape index (κ1) is 107. The minimum Gasteiger partial charge on any atom is -0.465 e. The molecule has 5 saturated heterocycles. The Morgan fingerprint density at radius 1 is 0.180 bits per heavy atom. The van der Waals surface area contributed by atoms with Gasteiger partial charge in [0.1, 0.15) is 0 Å². The highest BCUT2D eigenvalue weighted by Gasteiger charge is 2.63. The molecule has 0 radical (unpaired) electrons. The smallest absolute Gasteiger partial charge is 0.310 e. The molecule has 736 valence electrons. The van der Waals surface area contributed by atoms with Crippen LogP contribution in [0, 0.1) is 94.7 Å². The van der Waals surface area contributed by atoms with Crippen molar-refractivity contribution in [2.75, 3.05) is 52.9 Å². The Morgan fingerprint density at radius 2 is 0.336 bits per heavy atom. The fourth-order valence-electron chi connectivity index (χ4n) is 23.5. The first-order valence-electron chi connectivity index (χ1n) is 54.0. The maximum absolute atomic E-state index is 15.9. The summed E-state index contributed by atoms with van der Waals surface area (Å²) in [4.78, 5) is 123. The minimum absolute atomic E-state index is 0.217. The number of rotatable bonds is 64. The number of esters is 8. The molecule has 5 aliphatic heterocycles. The van der Waals surface area contributed by atoms with E-state index in [-0.39, 0.29) is 107 Å². The molecule has 24 nitrogen and oxygen atoms in total. The number of carbonyl (C=O) groups excluding carboxylic acids is 8. The predicted molar refractivity (Wildman–Crippen MR) is 503 cm³/mol. The van der Waals surface area contributed by atoms with E-state index in [9.17, 15) is 0 Å². The molecule has 0 spiro atoms. The summed E-state index contributed by atoms with van der Waals surface area (Å²) in [5.74, 6) is -12.6. The van der Waals surface area contributed by atoms with Crippen molar-refractivity contribution in [2.45, 2.75) is 464 Å². The molecule has 4 saturated carbocycles. The molecule has 128 heavy (non-hydrogen) atoms. The summed E-state index contributed by atoms with van der Waals surface area (Å²) < 4.78 is 51.0. The first-order valence-corrected chi connectivity index (χ1v) is 54.0. The molecule has 5 heterocycles. The summed E-state index contributed by atoms with van der Waals surface area (Å²) in [6, 6.07) is 0. The van der Waals surface area contributed by atoms with Gasteiger partial charge in [-0.3, -0.25) is 80.9 Å². The van der Waals surface area contributed by atoms with Crippen molar-refractivity contribution in [3.05, 3.63) is 0 Å². The highest BCUT2D eigenvalue weighted by atomic mass is 16.6. The van der Waals surface area contributed by atoms with Gasteiger partial charge < -0.3 is 37.9 Å². The highest BCUT2D eigenvalue weighted by molar-refractivity contribution is 5.85. The summed E-state index contributed by atoms with van der Waals surface area (Å²) in [7, 11) is 0. The van der Waals surface area contributed by atoms with Gasteiger partial charge in [0, 0.05) is 5.92 Å². The zero-order valence-electron chi connectivity index (χ0n) is 81.6. The molecular weight excluding hydrogens is 1620 g/mol. The van der Waals surface area contributed by atoms with Crippen LogP contribution in [-0.4, -0.2) is 150 Å². The number of fused-ring (bicyclic) bond motifs is 20. The van der Waals surface area contributed by atoms with Crippen LogP contribution in [0.3, 0.4) is 0 Å². The molecule has 8 bridgehead atoms. The number of carbonyl (C=O) groups is 8. The standard InChI is InChI=1S/C104H184N8O16/c1-9-17-25-33-41-49-59-121-97(113)74-58-57-73-87(88(74)104(120)128-66-56-48-40-32-24-16-8)96-111-89(73)105-90-75-67-81(98(114)122-60-50-42-34-26-18-10-2)82(99(115)123-61-51-43-35-27-19-11-3)68-76(75)91(106-90)107-92-77-69-83(100(116)124-62-52-44-36-28-20-12-4)84(101(117)125-63-53-45-37-29-21-13-5)70-78(77)93(108-92)109-94-79-71-85(102(118)126-64-54-46-38-30-22-14-6)86(72-80(79)95(110-94)112-96)103(119)127-65-55-47-39-31-23-15-7/h73-96,105-112H,9-72H2,1-8H3. The Hall–Kier alpha value is -4.56. The average molecular weight is 1800 g/mol. The SMILES string of the molecule is CCCCCCCCOC(=O)C1CC2C3NC(NC4NC(NC5NC(NC6NC(N3)C3CC(C(=O)OCCCCCCCC)C(C(=O)OCCCCCCCC)CC63)C3CCC(C(=O)OCCCCCCCC)C(C(=O)OCCCCCCCC)C53)C3CC(C(=O)OCCCCCCCC)C(C(=O)OCCCCCCCC)CC43)C2CC1C(=O)OCCCCCCCC. The Balaban J connectivity index is 1.16. The fraction of sp³-hybridized carbons (Fsp3) is 0.923. The van der Waals surface area contributed by atoms with Crippen molar-refractivity contribution >= 4 is 47.8 Å². The van der Waals surface area contributed by atoms with Gasteiger partial charge in [-0.15, -0.1) is 0 Å². The molecule has 24 atom stereocenters. The summed E-state index contributed by atoms with van der Waals surface area (Å²) in [5, 5.41) is 33.4. The van der Waals surface area contributed by atoms with E-state index in [2.05, 4.69) is 97.9 Å². The van der Waals surface area contributed by atoms with Crippen molar-refractivity contribution in [3.8, 4) is 0 Å². The third-order valence-electron chi connectivity index (χ3n) is 31.0. The lowest BCUT2D eigenvalue weighted by Gasteiger charge is -2.42. The van der Waals surface area contributed by atoms with Crippen molar-refractivity contribution in [1.82, 2.24) is 42.5 Å². The van der Waals surface area contributed by atoms with Crippen LogP contribution in [0.1, 0.15) is 415 Å². The Labute approximate surface area is 774 Å². The van der Waals surface area contributed by atoms with Crippen LogP contribution in [0.25, 0.3) is 0 Å². The average Bonchev–Trinajstić information content (AvgIpc) is 1.58. The van der Waals surface area contributed by atoms with E-state index in [1.54, 1.807) is 0 Å². The van der Waals surface area contributed by atoms with E-state index in [0.717, 1.165) is 289 Å². The van der Waals surface area contributed by atoms with Gasteiger partial charge in [-0.1, -0.05) is 312 Å². The van der Waals surface area contributed by atoms with E-state index in [0.29, 0.717) is 57.8 Å². The molecular formula is C104H184N8O16. The second-order valence-corrected chi connectivity index (χ2v) is 40.6. The van der Waals surface area contributed by atoms with Crippen molar-refractivity contribution in [2.24, 2.45) is 94.7 Å². The monoisotopic (exact) mass is 1800 g/mol. The van der Waals surface area contributed by atoms with Crippen molar-refractivity contribution < 1.29 is 76.3 Å². The zero-order chi connectivity index (χ0) is 91.0. The quantitative estimate of drug-likeness (QED) is 0.0159. The summed E-state index contributed by atoms with van der Waals surface area (Å²) in [6.07, 6.45) is 47.0. The van der Waals surface area contributed by atoms with Gasteiger partial charge in [-0.05, 0) is 144 Å². The number of unbranched alkanes of at least 4 members (excludes halogenated alkanes) is 40. The van der Waals surface area contributed by atoms with Crippen LogP contribution in [0.4, 0.5) is 0 Å². The lowest BCUT2D eigenvalue weighted by molar-refractivity contribution is -0.168. The van der Waals surface area contributed by atoms with Gasteiger partial charge >= 0.3 is 47.8 Å². The number of hydrogen-bond donors (Lipinski definition) is 8. The molecule has 0 amide bonds. The Morgan fingerprint density at radius 3 is 0.531 bits per heavy atom. The normalized spacial score (nSPS) is 30.4. The maximum Gasteiger partial charge on any atom is 0.310 e. The summed E-state index contributed by atoms with van der Waals surface area (Å²) in [5.41, 5.74) is 0. The van der Waals surface area contributed by atoms with E-state index < -0.39 is 150 Å². The largest absolute Gasteiger partial charge is 0.465 e. The van der Waals surface area contributed by atoms with E-state index in [1.807, 2.05) is 0 Å². The number of nitrogens with one attached hydrogen (secondary N) is 8. The molecule has 8 N–H and O–H groups in total. The summed E-state index contributed by atoms with van der Waals surface area (Å²) >= 11 is 0. The van der Waals surface area contributed by atoms with E-state index >= 15 is 38.4 Å². The highest BCUT2D eigenvalue weighted by Crippen LogP contribution is 2.53. The van der Waals surface area contributed by atoms with Crippen LogP contribution >= 0.6 is 0 Å². The van der Waals surface area contributed by atoms with Crippen LogP contribution in [0.15, 0.2) is 0 Å².